The number of ether oxygens (including phenoxy) is 1. The monoisotopic (exact) mass is 422 g/mol. The minimum atomic E-state index is -1.26. The van der Waals surface area contributed by atoms with Crippen molar-refractivity contribution >= 4 is 17.5 Å². The summed E-state index contributed by atoms with van der Waals surface area (Å²) in [7, 11) is 1.59. The summed E-state index contributed by atoms with van der Waals surface area (Å²) in [6.45, 7) is 3.95. The smallest absolute Gasteiger partial charge is 0.277 e. The third-order valence-electron chi connectivity index (χ3n) is 5.46. The van der Waals surface area contributed by atoms with Gasteiger partial charge in [0.1, 0.15) is 22.8 Å². The molecular formula is C23H23FN4O3. The second-order valence-electron chi connectivity index (χ2n) is 7.75. The van der Waals surface area contributed by atoms with Crippen molar-refractivity contribution in [2.45, 2.75) is 32.5 Å². The van der Waals surface area contributed by atoms with E-state index in [9.17, 15) is 14.0 Å². The third-order valence-corrected chi connectivity index (χ3v) is 5.46. The summed E-state index contributed by atoms with van der Waals surface area (Å²) in [6, 6.07) is 14.6. The van der Waals surface area contributed by atoms with E-state index in [-0.39, 0.29) is 24.9 Å². The Labute approximate surface area is 179 Å². The van der Waals surface area contributed by atoms with Crippen molar-refractivity contribution in [3.8, 4) is 5.75 Å². The van der Waals surface area contributed by atoms with Crippen molar-refractivity contribution in [1.82, 2.24) is 15.1 Å². The quantitative estimate of drug-likeness (QED) is 0.686. The molecule has 0 radical (unpaired) electrons. The van der Waals surface area contributed by atoms with E-state index in [2.05, 4.69) is 10.4 Å². The van der Waals surface area contributed by atoms with E-state index >= 15 is 0 Å². The molecule has 2 amide bonds. The standard InChI is InChI=1S/C23H23FN4O3/c1-15-12-20-21(29)28(18-8-6-17(24)7-9-18)23(2,14-27(20)26-15)22(30)25-13-16-4-10-19(31-3)11-5-16/h4-12H,13-14H2,1-3H3,(H,25,30)/t23-/m1/s1. The minimum absolute atomic E-state index is 0.174. The van der Waals surface area contributed by atoms with Gasteiger partial charge in [-0.25, -0.2) is 4.39 Å². The Bertz CT molecular complexity index is 1120. The fourth-order valence-electron chi connectivity index (χ4n) is 3.82. The Balaban J connectivity index is 1.66. The zero-order chi connectivity index (χ0) is 22.2. The van der Waals surface area contributed by atoms with Gasteiger partial charge >= 0.3 is 0 Å². The maximum Gasteiger partial charge on any atom is 0.277 e. The Hall–Kier alpha value is -3.68. The summed E-state index contributed by atoms with van der Waals surface area (Å²) in [6.07, 6.45) is 0. The molecule has 31 heavy (non-hydrogen) atoms. The van der Waals surface area contributed by atoms with Gasteiger partial charge in [0.2, 0.25) is 5.91 Å². The third kappa shape index (κ3) is 3.76. The number of carbonyl (C=O) groups is 2. The minimum Gasteiger partial charge on any atom is -0.497 e. The number of nitrogens with one attached hydrogen (secondary N) is 1. The molecule has 2 aromatic carbocycles. The summed E-state index contributed by atoms with van der Waals surface area (Å²) in [5.74, 6) is -0.385. The Morgan fingerprint density at radius 3 is 2.52 bits per heavy atom. The van der Waals surface area contributed by atoms with Gasteiger partial charge in [-0.3, -0.25) is 19.2 Å². The molecule has 8 heteroatoms. The first-order chi connectivity index (χ1) is 14.8. The highest BCUT2D eigenvalue weighted by atomic mass is 19.1. The molecule has 0 aliphatic carbocycles. The molecule has 2 heterocycles. The van der Waals surface area contributed by atoms with Crippen LogP contribution in [0.5, 0.6) is 5.75 Å². The number of methoxy groups -OCH3 is 1. The number of nitrogens with zero attached hydrogens (tertiary/aromatic N) is 3. The van der Waals surface area contributed by atoms with Crippen LogP contribution in [0.4, 0.5) is 10.1 Å². The summed E-state index contributed by atoms with van der Waals surface area (Å²) in [4.78, 5) is 28.2. The first-order valence-corrected chi connectivity index (χ1v) is 9.87. The highest BCUT2D eigenvalue weighted by Gasteiger charge is 2.48. The van der Waals surface area contributed by atoms with Crippen LogP contribution in [0.1, 0.15) is 28.7 Å². The lowest BCUT2D eigenvalue weighted by Crippen LogP contribution is -2.64. The van der Waals surface area contributed by atoms with E-state index in [1.165, 1.54) is 29.2 Å². The van der Waals surface area contributed by atoms with Crippen LogP contribution >= 0.6 is 0 Å². The summed E-state index contributed by atoms with van der Waals surface area (Å²) >= 11 is 0. The maximum atomic E-state index is 13.5. The van der Waals surface area contributed by atoms with Crippen LogP contribution in [-0.4, -0.2) is 34.2 Å². The predicted molar refractivity (Wildman–Crippen MR) is 113 cm³/mol. The fourth-order valence-corrected chi connectivity index (χ4v) is 3.82. The van der Waals surface area contributed by atoms with Crippen LogP contribution < -0.4 is 15.0 Å². The van der Waals surface area contributed by atoms with E-state index in [4.69, 9.17) is 4.74 Å². The van der Waals surface area contributed by atoms with E-state index in [1.807, 2.05) is 24.3 Å². The number of carbonyl (C=O) groups excluding carboxylic acids is 2. The lowest BCUT2D eigenvalue weighted by molar-refractivity contribution is -0.126. The van der Waals surface area contributed by atoms with Crippen molar-refractivity contribution in [3.05, 3.63) is 77.4 Å². The molecule has 7 nitrogen and oxygen atoms in total. The van der Waals surface area contributed by atoms with E-state index < -0.39 is 11.4 Å². The van der Waals surface area contributed by atoms with Gasteiger partial charge in [-0.05, 0) is 61.9 Å². The molecule has 0 spiro atoms. The molecule has 160 valence electrons. The van der Waals surface area contributed by atoms with Gasteiger partial charge in [-0.15, -0.1) is 0 Å². The van der Waals surface area contributed by atoms with E-state index in [1.54, 1.807) is 31.7 Å². The second-order valence-corrected chi connectivity index (χ2v) is 7.75. The number of anilines is 1. The summed E-state index contributed by atoms with van der Waals surface area (Å²) in [5.41, 5.74) is 1.15. The van der Waals surface area contributed by atoms with Gasteiger partial charge in [0.05, 0.1) is 19.3 Å². The molecule has 1 atom stereocenters. The summed E-state index contributed by atoms with van der Waals surface area (Å²) in [5, 5.41) is 7.30. The molecule has 0 saturated carbocycles. The first kappa shape index (κ1) is 20.6. The van der Waals surface area contributed by atoms with Crippen LogP contribution in [0.15, 0.2) is 54.6 Å². The van der Waals surface area contributed by atoms with E-state index in [0.717, 1.165) is 11.3 Å². The molecule has 0 bridgehead atoms. The van der Waals surface area contributed by atoms with Crippen molar-refractivity contribution in [3.63, 3.8) is 0 Å². The number of hydrogen-bond acceptors (Lipinski definition) is 4. The SMILES string of the molecule is COc1ccc(CNC(=O)[C@@]2(C)Cn3nc(C)cc3C(=O)N2c2ccc(F)cc2)cc1. The molecule has 1 aliphatic rings. The highest BCUT2D eigenvalue weighted by molar-refractivity contribution is 6.11. The van der Waals surface area contributed by atoms with Crippen LogP contribution in [0, 0.1) is 12.7 Å². The lowest BCUT2D eigenvalue weighted by atomic mass is 9.94. The van der Waals surface area contributed by atoms with Crippen LogP contribution in [0.3, 0.4) is 0 Å². The zero-order valence-corrected chi connectivity index (χ0v) is 17.6. The van der Waals surface area contributed by atoms with Gasteiger partial charge in [0, 0.05) is 12.2 Å². The van der Waals surface area contributed by atoms with Gasteiger partial charge in [0.15, 0.2) is 0 Å². The van der Waals surface area contributed by atoms with Gasteiger partial charge < -0.3 is 10.1 Å². The van der Waals surface area contributed by atoms with Crippen LogP contribution in [0.25, 0.3) is 0 Å². The van der Waals surface area contributed by atoms with Crippen molar-refractivity contribution in [1.29, 1.82) is 0 Å². The van der Waals surface area contributed by atoms with Crippen LogP contribution in [0.2, 0.25) is 0 Å². The average Bonchev–Trinajstić information content (AvgIpc) is 3.13. The molecule has 3 aromatic rings. The Morgan fingerprint density at radius 2 is 1.87 bits per heavy atom. The number of aryl methyl sites for hydroxylation is 1. The van der Waals surface area contributed by atoms with Crippen LogP contribution in [-0.2, 0) is 17.9 Å². The van der Waals surface area contributed by atoms with Gasteiger partial charge in [-0.2, -0.15) is 5.10 Å². The van der Waals surface area contributed by atoms with E-state index in [0.29, 0.717) is 17.1 Å². The van der Waals surface area contributed by atoms with Gasteiger partial charge in [0.25, 0.3) is 5.91 Å². The molecule has 0 fully saturated rings. The molecule has 1 N–H and O–H groups in total. The number of rotatable bonds is 5. The number of halogens is 1. The first-order valence-electron chi connectivity index (χ1n) is 9.87. The zero-order valence-electron chi connectivity index (χ0n) is 17.6. The molecule has 0 unspecified atom stereocenters. The maximum absolute atomic E-state index is 13.5. The topological polar surface area (TPSA) is 76.5 Å². The molecule has 1 aromatic heterocycles. The average molecular weight is 422 g/mol. The second kappa shape index (κ2) is 7.86. The Morgan fingerprint density at radius 1 is 1.19 bits per heavy atom. The molecule has 4 rings (SSSR count). The molecular weight excluding hydrogens is 399 g/mol. The number of benzene rings is 2. The van der Waals surface area contributed by atoms with Crippen molar-refractivity contribution in [2.75, 3.05) is 12.0 Å². The summed E-state index contributed by atoms with van der Waals surface area (Å²) < 4.78 is 20.2. The fraction of sp³-hybridized carbons (Fsp3) is 0.261. The van der Waals surface area contributed by atoms with Gasteiger partial charge in [-0.1, -0.05) is 12.1 Å². The molecule has 0 saturated heterocycles. The van der Waals surface area contributed by atoms with Crippen molar-refractivity contribution < 1.29 is 18.7 Å². The number of hydrogen-bond donors (Lipinski definition) is 1. The van der Waals surface area contributed by atoms with Crippen molar-refractivity contribution in [2.24, 2.45) is 0 Å². The highest BCUT2D eigenvalue weighted by Crippen LogP contribution is 2.33. The number of amides is 2. The number of aromatic nitrogens is 2. The Kier molecular flexibility index (Phi) is 5.22. The number of fused-ring (bicyclic) bond motifs is 1. The lowest BCUT2D eigenvalue weighted by Gasteiger charge is -2.43. The largest absolute Gasteiger partial charge is 0.497 e. The predicted octanol–water partition coefficient (Wildman–Crippen LogP) is 3.07. The normalized spacial score (nSPS) is 17.9. The molecule has 1 aliphatic heterocycles.